The minimum absolute atomic E-state index is 0.0121. The summed E-state index contributed by atoms with van der Waals surface area (Å²) in [6.07, 6.45) is 2.31. The number of carbonyl (C=O) groups excluding carboxylic acids is 1. The molecule has 0 aliphatic carbocycles. The van der Waals surface area contributed by atoms with E-state index in [1.165, 1.54) is 11.3 Å². The predicted molar refractivity (Wildman–Crippen MR) is 85.7 cm³/mol. The van der Waals surface area contributed by atoms with Gasteiger partial charge in [-0.15, -0.1) is 11.3 Å². The molecule has 2 heterocycles. The number of carbonyl (C=O) groups is 1. The van der Waals surface area contributed by atoms with E-state index in [0.717, 1.165) is 30.9 Å². The topological polar surface area (TPSA) is 52.8 Å². The molecule has 2 N–H and O–H groups in total. The van der Waals surface area contributed by atoms with Crippen molar-refractivity contribution in [2.45, 2.75) is 18.9 Å². The van der Waals surface area contributed by atoms with Gasteiger partial charge in [0.05, 0.1) is 10.7 Å². The summed E-state index contributed by atoms with van der Waals surface area (Å²) < 4.78 is 0. The van der Waals surface area contributed by atoms with Crippen LogP contribution in [0.1, 0.15) is 22.5 Å². The van der Waals surface area contributed by atoms with Crippen molar-refractivity contribution in [3.05, 3.63) is 10.9 Å². The van der Waals surface area contributed by atoms with Crippen LogP contribution in [0, 0.1) is 0 Å². The number of piperidine rings is 1. The van der Waals surface area contributed by atoms with Crippen molar-refractivity contribution in [2.24, 2.45) is 0 Å². The summed E-state index contributed by atoms with van der Waals surface area (Å²) in [4.78, 5) is 18.9. The van der Waals surface area contributed by atoms with Gasteiger partial charge in [0, 0.05) is 33.2 Å². The Morgan fingerprint density at radius 3 is 2.40 bits per heavy atom. The van der Waals surface area contributed by atoms with Gasteiger partial charge in [-0.2, -0.15) is 0 Å². The van der Waals surface area contributed by atoms with Crippen molar-refractivity contribution in [2.75, 3.05) is 51.9 Å². The molecule has 0 atom stereocenters. The maximum Gasteiger partial charge on any atom is 0.265 e. The molecule has 0 spiro atoms. The third-order valence-electron chi connectivity index (χ3n) is 3.85. The van der Waals surface area contributed by atoms with Crippen molar-refractivity contribution in [3.8, 4) is 0 Å². The van der Waals surface area contributed by atoms with Gasteiger partial charge in [-0.3, -0.25) is 4.79 Å². The maximum absolute atomic E-state index is 12.0. The van der Waals surface area contributed by atoms with Crippen LogP contribution in [-0.4, -0.2) is 63.0 Å². The molecule has 0 saturated carbocycles. The van der Waals surface area contributed by atoms with Gasteiger partial charge < -0.3 is 20.4 Å². The molecular formula is C14H24N4OS. The van der Waals surface area contributed by atoms with Crippen LogP contribution in [0.15, 0.2) is 6.07 Å². The number of hydrogen-bond donors (Lipinski definition) is 1. The zero-order chi connectivity index (χ0) is 14.9. The fraction of sp³-hybridized carbons (Fsp3) is 0.643. The lowest BCUT2D eigenvalue weighted by Gasteiger charge is -2.35. The summed E-state index contributed by atoms with van der Waals surface area (Å²) in [7, 11) is 7.78. The Bertz CT molecular complexity index is 476. The summed E-state index contributed by atoms with van der Waals surface area (Å²) in [6, 6.07) is 2.60. The highest BCUT2D eigenvalue weighted by Gasteiger charge is 2.24. The van der Waals surface area contributed by atoms with Gasteiger partial charge >= 0.3 is 0 Å². The molecule has 0 radical (unpaired) electrons. The molecule has 20 heavy (non-hydrogen) atoms. The predicted octanol–water partition coefficient (Wildman–Crippen LogP) is 1.56. The molecule has 0 aromatic carbocycles. The van der Waals surface area contributed by atoms with Crippen LogP contribution in [0.3, 0.4) is 0 Å². The van der Waals surface area contributed by atoms with Gasteiger partial charge in [-0.05, 0) is 33.0 Å². The van der Waals surface area contributed by atoms with E-state index in [1.54, 1.807) is 19.0 Å². The second-order valence-electron chi connectivity index (χ2n) is 5.75. The first-order chi connectivity index (χ1) is 9.40. The van der Waals surface area contributed by atoms with Crippen LogP contribution in [0.5, 0.6) is 0 Å². The molecule has 1 aromatic rings. The standard InChI is InChI=1S/C14H24N4OS/c1-16(2)10-5-7-18(8-6-10)12-9-11(15)13(20-12)14(19)17(3)4/h9-10H,5-8,15H2,1-4H3. The van der Waals surface area contributed by atoms with Crippen LogP contribution in [0.2, 0.25) is 0 Å². The van der Waals surface area contributed by atoms with Gasteiger partial charge in [0.25, 0.3) is 5.91 Å². The lowest BCUT2D eigenvalue weighted by atomic mass is 10.0. The van der Waals surface area contributed by atoms with Crippen LogP contribution >= 0.6 is 11.3 Å². The number of nitrogens with two attached hydrogens (primary N) is 1. The fourth-order valence-electron chi connectivity index (χ4n) is 2.52. The second-order valence-corrected chi connectivity index (χ2v) is 6.78. The van der Waals surface area contributed by atoms with Crippen molar-refractivity contribution in [1.29, 1.82) is 0 Å². The van der Waals surface area contributed by atoms with Gasteiger partial charge in [0.15, 0.2) is 0 Å². The Morgan fingerprint density at radius 2 is 1.90 bits per heavy atom. The van der Waals surface area contributed by atoms with Gasteiger partial charge in [-0.1, -0.05) is 0 Å². The van der Waals surface area contributed by atoms with Crippen LogP contribution in [0.4, 0.5) is 10.7 Å². The highest BCUT2D eigenvalue weighted by Crippen LogP contribution is 2.34. The Kier molecular flexibility index (Phi) is 4.55. The Labute approximate surface area is 124 Å². The van der Waals surface area contributed by atoms with E-state index in [-0.39, 0.29) is 5.91 Å². The van der Waals surface area contributed by atoms with Crippen molar-refractivity contribution in [1.82, 2.24) is 9.80 Å². The monoisotopic (exact) mass is 296 g/mol. The molecule has 1 amide bonds. The SMILES string of the molecule is CN(C)C(=O)c1sc(N2CCC(N(C)C)CC2)cc1N. The normalized spacial score (nSPS) is 16.8. The van der Waals surface area contributed by atoms with Gasteiger partial charge in [0.1, 0.15) is 4.88 Å². The molecule has 0 bridgehead atoms. The average molecular weight is 296 g/mol. The van der Waals surface area contributed by atoms with E-state index in [0.29, 0.717) is 16.6 Å². The number of rotatable bonds is 3. The summed E-state index contributed by atoms with van der Waals surface area (Å²) in [5.74, 6) is -0.0121. The number of amides is 1. The zero-order valence-electron chi connectivity index (χ0n) is 12.7. The van der Waals surface area contributed by atoms with Gasteiger partial charge in [-0.25, -0.2) is 0 Å². The smallest absolute Gasteiger partial charge is 0.265 e. The number of thiophene rings is 1. The van der Waals surface area contributed by atoms with Crippen molar-refractivity contribution in [3.63, 3.8) is 0 Å². The molecular weight excluding hydrogens is 272 g/mol. The van der Waals surface area contributed by atoms with Crippen molar-refractivity contribution < 1.29 is 4.79 Å². The minimum atomic E-state index is -0.0121. The maximum atomic E-state index is 12.0. The molecule has 1 saturated heterocycles. The third-order valence-corrected chi connectivity index (χ3v) is 5.05. The van der Waals surface area contributed by atoms with Crippen LogP contribution < -0.4 is 10.6 Å². The van der Waals surface area contributed by atoms with Gasteiger partial charge in [0.2, 0.25) is 0 Å². The summed E-state index contributed by atoms with van der Waals surface area (Å²) in [5.41, 5.74) is 6.59. The lowest BCUT2D eigenvalue weighted by molar-refractivity contribution is 0.0833. The average Bonchev–Trinajstić information content (AvgIpc) is 2.80. The van der Waals surface area contributed by atoms with E-state index in [2.05, 4.69) is 23.9 Å². The highest BCUT2D eigenvalue weighted by molar-refractivity contribution is 7.18. The molecule has 1 aliphatic rings. The largest absolute Gasteiger partial charge is 0.397 e. The lowest BCUT2D eigenvalue weighted by Crippen LogP contribution is -2.41. The van der Waals surface area contributed by atoms with E-state index < -0.39 is 0 Å². The fourth-order valence-corrected chi connectivity index (χ4v) is 3.67. The Morgan fingerprint density at radius 1 is 1.30 bits per heavy atom. The molecule has 2 rings (SSSR count). The molecule has 1 fully saturated rings. The second kappa shape index (κ2) is 6.01. The molecule has 0 unspecified atom stereocenters. The quantitative estimate of drug-likeness (QED) is 0.920. The minimum Gasteiger partial charge on any atom is -0.397 e. The Hall–Kier alpha value is -1.27. The Balaban J connectivity index is 2.08. The number of anilines is 2. The number of nitrogen functional groups attached to an aromatic ring is 1. The molecule has 112 valence electrons. The number of nitrogens with zero attached hydrogens (tertiary/aromatic N) is 3. The zero-order valence-corrected chi connectivity index (χ0v) is 13.5. The van der Waals surface area contributed by atoms with E-state index in [4.69, 9.17) is 5.73 Å². The first-order valence-corrected chi connectivity index (χ1v) is 7.74. The molecule has 1 aromatic heterocycles. The van der Waals surface area contributed by atoms with Crippen molar-refractivity contribution >= 4 is 27.9 Å². The molecule has 1 aliphatic heterocycles. The van der Waals surface area contributed by atoms with E-state index >= 15 is 0 Å². The van der Waals surface area contributed by atoms with E-state index in [1.807, 2.05) is 6.07 Å². The molecule has 6 heteroatoms. The van der Waals surface area contributed by atoms with Crippen LogP contribution in [0.25, 0.3) is 0 Å². The third kappa shape index (κ3) is 3.07. The summed E-state index contributed by atoms with van der Waals surface area (Å²) in [6.45, 7) is 2.05. The van der Waals surface area contributed by atoms with Crippen LogP contribution in [-0.2, 0) is 0 Å². The van der Waals surface area contributed by atoms with E-state index in [9.17, 15) is 4.79 Å². The highest BCUT2D eigenvalue weighted by atomic mass is 32.1. The first kappa shape index (κ1) is 15.1. The summed E-state index contributed by atoms with van der Waals surface area (Å²) >= 11 is 1.51. The number of hydrogen-bond acceptors (Lipinski definition) is 5. The first-order valence-electron chi connectivity index (χ1n) is 6.92. The summed E-state index contributed by atoms with van der Waals surface area (Å²) in [5, 5.41) is 1.12. The molecule has 5 nitrogen and oxygen atoms in total.